The van der Waals surface area contributed by atoms with Gasteiger partial charge in [-0.3, -0.25) is 47.9 Å². The summed E-state index contributed by atoms with van der Waals surface area (Å²) in [6, 6.07) is 6.67. The first-order chi connectivity index (χ1) is 89.8. The highest BCUT2D eigenvalue weighted by Gasteiger charge is 2.55. The highest BCUT2D eigenvalue weighted by atomic mass is 16.7. The van der Waals surface area contributed by atoms with Crippen LogP contribution in [0.1, 0.15) is 181 Å². The second-order valence-corrected chi connectivity index (χ2v) is 34.1. The predicted octanol–water partition coefficient (Wildman–Crippen LogP) is 11.1. The van der Waals surface area contributed by atoms with Gasteiger partial charge in [0.15, 0.2) is 57.5 Å². The molecule has 730 valence electrons. The number of piperazine rings is 5. The van der Waals surface area contributed by atoms with Gasteiger partial charge < -0.3 is 121 Å². The maximum absolute atomic E-state index is 13.8. The molecule has 5 unspecified atom stereocenters. The number of aromatic amines is 5. The number of benzene rings is 10. The zero-order chi connectivity index (χ0) is 141. The van der Waals surface area contributed by atoms with E-state index in [1.165, 1.54) is 36.4 Å². The smallest absolute Gasteiger partial charge is 0.245 e. The maximum Gasteiger partial charge on any atom is 0.245 e. The molecule has 10 amide bonds. The van der Waals surface area contributed by atoms with E-state index >= 15 is 0 Å². The number of amides is 10. The van der Waals surface area contributed by atoms with Gasteiger partial charge in [-0.05, 0) is 146 Å². The Morgan fingerprint density at radius 2 is 0.545 bits per heavy atom. The zero-order valence-electron chi connectivity index (χ0n) is 123. The molecule has 15 aliphatic rings. The molecule has 0 spiro atoms. The van der Waals surface area contributed by atoms with Gasteiger partial charge in [-0.15, -0.1) is 0 Å². The van der Waals surface area contributed by atoms with Crippen LogP contribution in [0.3, 0.4) is 0 Å². The molecule has 10 atom stereocenters. The Morgan fingerprint density at radius 3 is 0.897 bits per heavy atom. The van der Waals surface area contributed by atoms with Crippen LogP contribution < -0.4 is 47.4 Å². The van der Waals surface area contributed by atoms with Crippen LogP contribution >= 0.6 is 0 Å². The lowest BCUT2D eigenvalue weighted by molar-refractivity contribution is -0.157. The van der Waals surface area contributed by atoms with E-state index in [9.17, 15) is 47.9 Å². The summed E-state index contributed by atoms with van der Waals surface area (Å²) in [5.74, 6) is -14.2. The Bertz CT molecular complexity index is 10700. The Balaban J connectivity index is 0.000000115. The molecule has 5 aromatic heterocycles. The van der Waals surface area contributed by atoms with Crippen molar-refractivity contribution in [3.8, 4) is 57.5 Å². The average Bonchev–Trinajstić information content (AvgIpc) is 1.50. The van der Waals surface area contributed by atoms with Crippen molar-refractivity contribution in [3.63, 3.8) is 0 Å². The average molecular weight is 2000 g/mol. The molecule has 35 nitrogen and oxygen atoms in total. The third-order valence-corrected chi connectivity index (χ3v) is 26.2. The van der Waals surface area contributed by atoms with Gasteiger partial charge in [0, 0.05) is 176 Å². The molecule has 5 fully saturated rings. The number of carbonyl (C=O) groups is 10. The van der Waals surface area contributed by atoms with Gasteiger partial charge in [-0.1, -0.05) is 121 Å². The SMILES string of the molecule is [2H]C1([2H])Oc2ccc(C3c4[nH]c5ccccc5c4C([2H])([2H])[C@@H]4C(=O)N(C([2H])([2H])[2H])C([2H])([2H])C(=O)N34)cc2O1.[2H]C1([2H])c2c([nH]c3ccccc23)C(c2ccc3c(c2)OCO3)N2C(=O)C([2H])([2H])N(C([2H])([2H])[2H])C(=O)[C@H]21.[2H]c1c([2H])c(C2c3[nH]c4c([2H])c([2H])c([2H])c([2H])c4c3C([2H])([2H])[C@@H]3C(=O)N(C)C([2H])([2H])C(=O)N23)c([2H])c2c1OC([2H])([2H])O2.[2H]c1c([2H])c(C2c3[nH]c4ccccc4c3C([2H])([2H])[C@@H]3C(=O)N(C)C([2H])([2H])C(=O)N23)c([2H])c2c1OC([2H])([2H])O2.[2H]c1c([2H])c([2H])c2c3c([nH]c2c1[2H])C(c1ccc2c(c1)OCO2)N1C(=O)C([2H])([2H])N(C([2H])([2H])[2H])C(=O)[C@H]1C3([2H])[2H]. The van der Waals surface area contributed by atoms with Crippen LogP contribution in [0, 0.1) is 0 Å². The van der Waals surface area contributed by atoms with E-state index in [1.54, 1.807) is 91.0 Å². The van der Waals surface area contributed by atoms with Crippen molar-refractivity contribution < 1.29 is 162 Å². The third kappa shape index (κ3) is 14.2. The first kappa shape index (κ1) is 50.3. The van der Waals surface area contributed by atoms with Crippen LogP contribution in [0.15, 0.2) is 212 Å². The number of carbonyl (C=O) groups excluding carboxylic acids is 10. The van der Waals surface area contributed by atoms with Crippen LogP contribution in [0.25, 0.3) is 54.5 Å². The van der Waals surface area contributed by atoms with Crippen LogP contribution in [0.4, 0.5) is 0 Å². The molecule has 30 rings (SSSR count). The summed E-state index contributed by atoms with van der Waals surface area (Å²) >= 11 is 0. The number of fused-ring (bicyclic) bond motifs is 25. The molecule has 5 N–H and O–H groups in total. The summed E-state index contributed by atoms with van der Waals surface area (Å²) < 4.78 is 460. The van der Waals surface area contributed by atoms with Crippen molar-refractivity contribution >= 4 is 114 Å². The monoisotopic (exact) mass is 1990 g/mol. The van der Waals surface area contributed by atoms with Gasteiger partial charge in [-0.2, -0.15) is 0 Å². The highest BCUT2D eigenvalue weighted by Crippen LogP contribution is 2.53. The molecule has 5 saturated heterocycles. The molecule has 0 radical (unpaired) electrons. The largest absolute Gasteiger partial charge is 0.454 e. The normalized spacial score (nSPS) is 32.5. The van der Waals surface area contributed by atoms with E-state index in [2.05, 4.69) is 24.9 Å². The number of hydrogen-bond donors (Lipinski definition) is 5. The molecule has 15 aromatic rings. The van der Waals surface area contributed by atoms with Crippen LogP contribution in [-0.4, -0.2) is 265 Å². The highest BCUT2D eigenvalue weighted by molar-refractivity contribution is 6.03. The van der Waals surface area contributed by atoms with Gasteiger partial charge in [0.25, 0.3) is 0 Å². The van der Waals surface area contributed by atoms with Gasteiger partial charge in [0.05, 0.1) is 95.6 Å². The van der Waals surface area contributed by atoms with Gasteiger partial charge >= 0.3 is 0 Å². The van der Waals surface area contributed by atoms with Gasteiger partial charge in [-0.25, -0.2) is 0 Å². The lowest BCUT2D eigenvalue weighted by Gasteiger charge is -2.46. The van der Waals surface area contributed by atoms with Crippen molar-refractivity contribution in [1.82, 2.24) is 73.9 Å². The topological polar surface area (TPSA) is 374 Å². The van der Waals surface area contributed by atoms with Crippen molar-refractivity contribution in [2.24, 2.45) is 0 Å². The van der Waals surface area contributed by atoms with E-state index in [0.29, 0.717) is 80.0 Å². The molecule has 35 heteroatoms. The Morgan fingerprint density at radius 1 is 0.276 bits per heavy atom. The minimum absolute atomic E-state index is 0.00257. The summed E-state index contributed by atoms with van der Waals surface area (Å²) in [6.45, 7) is -34.1. The number of H-pyrrole nitrogens is 5. The number of rotatable bonds is 5. The predicted molar refractivity (Wildman–Crippen MR) is 523 cm³/mol. The standard InChI is InChI=1S/5C22H19N3O4/c5*1-24-10-19(26)25-16(22(24)27)9-14-13-4-2-3-5-15(13)23-20(14)21(25)12-6-7-17-18(8-12)29-11-28-17/h5*2-8,16,21,23H,9-11H2,1H3/t5*16-,21?/m11111/s1/i2D,3D,4D,5D,6D,7D,8D,9D2,10D2,11D2;1D3,2D,3D,4D,5D,9D2,10D2;6D,7D,8D,9D2,10D2,11D2;1D3,9D2,10D2,11D2;1D3,9D2,10D2. The fourth-order valence-electron chi connectivity index (χ4n) is 19.8. The van der Waals surface area contributed by atoms with Crippen molar-refractivity contribution in [3.05, 3.63) is 296 Å². The van der Waals surface area contributed by atoms with Crippen LogP contribution in [0.5, 0.6) is 57.5 Å². The number of nitrogens with one attached hydrogen (secondary N) is 5. The second kappa shape index (κ2) is 33.9. The molecule has 10 aromatic carbocycles. The van der Waals surface area contributed by atoms with E-state index < -0.39 is 344 Å². The van der Waals surface area contributed by atoms with Crippen LogP contribution in [0.2, 0.25) is 0 Å². The maximum atomic E-state index is 13.8. The number of para-hydroxylation sites is 5. The molecule has 0 aliphatic carbocycles. The fraction of sp³-hybridized carbons (Fsp3) is 0.273. The number of aromatic nitrogens is 5. The lowest BCUT2D eigenvalue weighted by atomic mass is 9.86. The fourth-order valence-corrected chi connectivity index (χ4v) is 19.8. The molecule has 145 heavy (non-hydrogen) atoms. The summed E-state index contributed by atoms with van der Waals surface area (Å²) in [7, 11) is 2.01. The van der Waals surface area contributed by atoms with Crippen molar-refractivity contribution in [2.45, 2.75) is 92.3 Å². The van der Waals surface area contributed by atoms with Crippen molar-refractivity contribution in [1.29, 1.82) is 0 Å². The first-order valence-corrected chi connectivity index (χ1v) is 43.9. The van der Waals surface area contributed by atoms with Gasteiger partial charge in [0.2, 0.25) is 92.9 Å². The minimum Gasteiger partial charge on any atom is -0.454 e. The Kier molecular flexibility index (Phi) is 11.8. The van der Waals surface area contributed by atoms with E-state index in [1.807, 2.05) is 0 Å². The summed E-state index contributed by atoms with van der Waals surface area (Å²) in [5.41, 5.74) is 0.0525. The summed E-state index contributed by atoms with van der Waals surface area (Å²) in [6.07, 6.45) is -13.5. The van der Waals surface area contributed by atoms with Gasteiger partial charge in [0.1, 0.15) is 38.4 Å². The number of nitrogens with zero attached hydrogens (tertiary/aromatic N) is 10. The summed E-state index contributed by atoms with van der Waals surface area (Å²) in [4.78, 5) is 156. The van der Waals surface area contributed by atoms with E-state index in [0.717, 1.165) is 23.9 Å². The third-order valence-electron chi connectivity index (χ3n) is 26.2. The molecule has 20 heterocycles. The Labute approximate surface area is 895 Å². The van der Waals surface area contributed by atoms with Crippen molar-refractivity contribution in [2.75, 3.05) is 101 Å². The second-order valence-electron chi connectivity index (χ2n) is 34.1. The minimum atomic E-state index is -3.45. The quantitative estimate of drug-likeness (QED) is 0.107. The molecular formula is C110H95N15O20. The molecule has 15 aliphatic heterocycles. The molecular weight excluding hydrogens is 1850 g/mol. The first-order valence-electron chi connectivity index (χ1n) is 68.4. The van der Waals surface area contributed by atoms with E-state index in [-0.39, 0.29) is 135 Å². The summed E-state index contributed by atoms with van der Waals surface area (Å²) in [5, 5.41) is 0.629. The van der Waals surface area contributed by atoms with E-state index in [4.69, 9.17) is 115 Å². The molecule has 0 saturated carbocycles. The molecule has 0 bridgehead atoms. The lowest BCUT2D eigenvalue weighted by Crippen LogP contribution is -2.62. The van der Waals surface area contributed by atoms with Crippen LogP contribution in [-0.2, 0) is 79.8 Å². The Hall–Kier alpha value is -17.4. The zero-order valence-corrected chi connectivity index (χ0v) is 73.9. The number of hydrogen-bond acceptors (Lipinski definition) is 20. The number of ether oxygens (including phenoxy) is 10. The number of likely N-dealkylation sites (N-methyl/N-ethyl adjacent to an activating group) is 5.